The minimum Gasteiger partial charge on any atom is -0.469 e. The van der Waals surface area contributed by atoms with Crippen molar-refractivity contribution in [2.45, 2.75) is 45.3 Å². The minimum absolute atomic E-state index is 0.0150. The Morgan fingerprint density at radius 1 is 1.29 bits per heavy atom. The molecule has 0 aromatic rings. The van der Waals surface area contributed by atoms with Gasteiger partial charge in [0.05, 0.1) is 25.0 Å². The van der Waals surface area contributed by atoms with Gasteiger partial charge in [-0.3, -0.25) is 4.79 Å². The number of methoxy groups -OCH3 is 1. The molecule has 0 aromatic heterocycles. The second-order valence-electron chi connectivity index (χ2n) is 6.20. The second kappa shape index (κ2) is 6.64. The van der Waals surface area contributed by atoms with Gasteiger partial charge >= 0.3 is 12.1 Å². The number of ether oxygens (including phenoxy) is 2. The van der Waals surface area contributed by atoms with E-state index in [1.165, 1.54) is 7.11 Å². The SMILES string of the molecule is COC(=O)C[C@H]1CCS(=O)(=O)C[C@H]1NC(=O)OC(C)(C)C. The summed E-state index contributed by atoms with van der Waals surface area (Å²) < 4.78 is 33.2. The van der Waals surface area contributed by atoms with Gasteiger partial charge in [0.25, 0.3) is 0 Å². The van der Waals surface area contributed by atoms with Gasteiger partial charge in [-0.25, -0.2) is 13.2 Å². The normalized spacial score (nSPS) is 25.0. The number of sulfone groups is 1. The van der Waals surface area contributed by atoms with Crippen LogP contribution in [0.15, 0.2) is 0 Å². The Balaban J connectivity index is 2.75. The Hall–Kier alpha value is -1.31. The van der Waals surface area contributed by atoms with E-state index < -0.39 is 33.5 Å². The van der Waals surface area contributed by atoms with Gasteiger partial charge in [0.1, 0.15) is 5.60 Å². The van der Waals surface area contributed by atoms with Crippen molar-refractivity contribution in [2.75, 3.05) is 18.6 Å². The third kappa shape index (κ3) is 6.33. The summed E-state index contributed by atoms with van der Waals surface area (Å²) in [6.45, 7) is 5.16. The molecule has 7 nitrogen and oxygen atoms in total. The zero-order chi connectivity index (χ0) is 16.3. The molecule has 1 fully saturated rings. The Bertz CT molecular complexity index is 493. The molecule has 2 atom stereocenters. The summed E-state index contributed by atoms with van der Waals surface area (Å²) in [6, 6.07) is -0.641. The zero-order valence-electron chi connectivity index (χ0n) is 12.8. The molecule has 1 heterocycles. The smallest absolute Gasteiger partial charge is 0.407 e. The highest BCUT2D eigenvalue weighted by Gasteiger charge is 2.36. The monoisotopic (exact) mass is 321 g/mol. The lowest BCUT2D eigenvalue weighted by atomic mass is 9.94. The lowest BCUT2D eigenvalue weighted by Crippen LogP contribution is -2.50. The predicted octanol–water partition coefficient (Wildman–Crippen LogP) is 0.877. The Morgan fingerprint density at radius 2 is 1.90 bits per heavy atom. The molecule has 1 rings (SSSR count). The van der Waals surface area contributed by atoms with Crippen LogP contribution >= 0.6 is 0 Å². The third-order valence-corrected chi connectivity index (χ3v) is 4.89. The van der Waals surface area contributed by atoms with E-state index in [4.69, 9.17) is 4.74 Å². The molecule has 0 aliphatic carbocycles. The van der Waals surface area contributed by atoms with Crippen LogP contribution in [0.5, 0.6) is 0 Å². The molecule has 8 heteroatoms. The number of hydrogen-bond acceptors (Lipinski definition) is 6. The van der Waals surface area contributed by atoms with Gasteiger partial charge < -0.3 is 14.8 Å². The number of esters is 1. The molecule has 0 saturated carbocycles. The topological polar surface area (TPSA) is 98.8 Å². The van der Waals surface area contributed by atoms with Gasteiger partial charge in [0, 0.05) is 6.04 Å². The molecule has 21 heavy (non-hydrogen) atoms. The van der Waals surface area contributed by atoms with Gasteiger partial charge in [0.15, 0.2) is 9.84 Å². The average molecular weight is 321 g/mol. The fraction of sp³-hybridized carbons (Fsp3) is 0.846. The second-order valence-corrected chi connectivity index (χ2v) is 8.42. The van der Waals surface area contributed by atoms with Crippen LogP contribution in [0.2, 0.25) is 0 Å². The van der Waals surface area contributed by atoms with Crippen molar-refractivity contribution in [2.24, 2.45) is 5.92 Å². The van der Waals surface area contributed by atoms with Crippen LogP contribution in [-0.2, 0) is 24.1 Å². The van der Waals surface area contributed by atoms with E-state index >= 15 is 0 Å². The highest BCUT2D eigenvalue weighted by atomic mass is 32.2. The molecule has 122 valence electrons. The predicted molar refractivity (Wildman–Crippen MR) is 76.6 cm³/mol. The fourth-order valence-electron chi connectivity index (χ4n) is 2.19. The number of carbonyl (C=O) groups excluding carboxylic acids is 2. The Kier molecular flexibility index (Phi) is 5.61. The summed E-state index contributed by atoms with van der Waals surface area (Å²) in [7, 11) is -1.94. The highest BCUT2D eigenvalue weighted by Crippen LogP contribution is 2.23. The van der Waals surface area contributed by atoms with E-state index in [0.717, 1.165) is 0 Å². The zero-order valence-corrected chi connectivity index (χ0v) is 13.7. The van der Waals surface area contributed by atoms with Crippen LogP contribution < -0.4 is 5.32 Å². The summed E-state index contributed by atoms with van der Waals surface area (Å²) in [4.78, 5) is 23.2. The molecule has 0 spiro atoms. The van der Waals surface area contributed by atoms with Crippen LogP contribution in [0.25, 0.3) is 0 Å². The molecule has 1 amide bonds. The van der Waals surface area contributed by atoms with E-state index in [1.54, 1.807) is 20.8 Å². The first-order chi connectivity index (χ1) is 9.52. The molecule has 0 aromatic carbocycles. The number of alkyl carbamates (subject to hydrolysis) is 1. The van der Waals surface area contributed by atoms with Crippen molar-refractivity contribution >= 4 is 21.9 Å². The summed E-state index contributed by atoms with van der Waals surface area (Å²) >= 11 is 0. The van der Waals surface area contributed by atoms with Crippen molar-refractivity contribution in [3.8, 4) is 0 Å². The molecule has 1 aliphatic heterocycles. The minimum atomic E-state index is -3.22. The van der Waals surface area contributed by atoms with Crippen molar-refractivity contribution < 1.29 is 27.5 Å². The number of nitrogens with one attached hydrogen (secondary N) is 1. The van der Waals surface area contributed by atoms with Gasteiger partial charge in [-0.15, -0.1) is 0 Å². The van der Waals surface area contributed by atoms with Crippen LogP contribution in [0.4, 0.5) is 4.79 Å². The van der Waals surface area contributed by atoms with Gasteiger partial charge in [-0.1, -0.05) is 0 Å². The van der Waals surface area contributed by atoms with Gasteiger partial charge in [0.2, 0.25) is 0 Å². The van der Waals surface area contributed by atoms with E-state index in [2.05, 4.69) is 10.1 Å². The summed E-state index contributed by atoms with van der Waals surface area (Å²) in [5.41, 5.74) is -0.671. The van der Waals surface area contributed by atoms with Crippen molar-refractivity contribution in [1.29, 1.82) is 0 Å². The molecular weight excluding hydrogens is 298 g/mol. The first-order valence-electron chi connectivity index (χ1n) is 6.79. The molecule has 1 aliphatic rings. The molecule has 0 unspecified atom stereocenters. The number of carbonyl (C=O) groups is 2. The number of amides is 1. The Morgan fingerprint density at radius 3 is 2.43 bits per heavy atom. The first kappa shape index (κ1) is 17.7. The number of rotatable bonds is 3. The van der Waals surface area contributed by atoms with Gasteiger partial charge in [-0.05, 0) is 33.1 Å². The first-order valence-corrected chi connectivity index (χ1v) is 8.61. The molecular formula is C13H23NO6S. The maximum Gasteiger partial charge on any atom is 0.407 e. The largest absolute Gasteiger partial charge is 0.469 e. The van der Waals surface area contributed by atoms with Crippen molar-refractivity contribution in [3.05, 3.63) is 0 Å². The van der Waals surface area contributed by atoms with E-state index in [1.807, 2.05) is 0 Å². The summed E-state index contributed by atoms with van der Waals surface area (Å²) in [5.74, 6) is -0.863. The van der Waals surface area contributed by atoms with Gasteiger partial charge in [-0.2, -0.15) is 0 Å². The van der Waals surface area contributed by atoms with E-state index in [-0.39, 0.29) is 23.8 Å². The molecule has 1 saturated heterocycles. The number of hydrogen-bond donors (Lipinski definition) is 1. The maximum atomic E-state index is 11.8. The van der Waals surface area contributed by atoms with Crippen molar-refractivity contribution in [1.82, 2.24) is 5.32 Å². The van der Waals surface area contributed by atoms with Crippen LogP contribution in [-0.4, -0.2) is 50.7 Å². The summed E-state index contributed by atoms with van der Waals surface area (Å²) in [6.07, 6.45) is -0.288. The van der Waals surface area contributed by atoms with Crippen molar-refractivity contribution in [3.63, 3.8) is 0 Å². The fourth-order valence-corrected chi connectivity index (χ4v) is 3.92. The lowest BCUT2D eigenvalue weighted by molar-refractivity contribution is -0.142. The lowest BCUT2D eigenvalue weighted by Gasteiger charge is -2.32. The third-order valence-electron chi connectivity index (χ3n) is 3.16. The molecule has 1 N–H and O–H groups in total. The molecule has 0 radical (unpaired) electrons. The Labute approximate surface area is 125 Å². The van der Waals surface area contributed by atoms with Crippen LogP contribution in [0.1, 0.15) is 33.6 Å². The maximum absolute atomic E-state index is 11.8. The standard InChI is InChI=1S/C13H23NO6S/c1-13(2,3)20-12(16)14-10-8-21(17,18)6-5-9(10)7-11(15)19-4/h9-10H,5-8H2,1-4H3,(H,14,16)/t9-,10-/m1/s1. The average Bonchev–Trinajstić information content (AvgIpc) is 2.29. The van der Waals surface area contributed by atoms with Crippen LogP contribution in [0, 0.1) is 5.92 Å². The van der Waals surface area contributed by atoms with Crippen LogP contribution in [0.3, 0.4) is 0 Å². The highest BCUT2D eigenvalue weighted by molar-refractivity contribution is 7.91. The van der Waals surface area contributed by atoms with E-state index in [0.29, 0.717) is 6.42 Å². The summed E-state index contributed by atoms with van der Waals surface area (Å²) in [5, 5.41) is 2.56. The van der Waals surface area contributed by atoms with E-state index in [9.17, 15) is 18.0 Å². The quantitative estimate of drug-likeness (QED) is 0.775. The molecule has 0 bridgehead atoms.